The Kier molecular flexibility index (Phi) is 6.23. The maximum absolute atomic E-state index is 12.8. The number of alkyl halides is 3. The van der Waals surface area contributed by atoms with Crippen molar-refractivity contribution in [1.29, 1.82) is 0 Å². The lowest BCUT2D eigenvalue weighted by molar-refractivity contribution is -0.192. The predicted molar refractivity (Wildman–Crippen MR) is 102 cm³/mol. The van der Waals surface area contributed by atoms with Gasteiger partial charge < -0.3 is 14.9 Å². The van der Waals surface area contributed by atoms with Crippen molar-refractivity contribution < 1.29 is 27.9 Å². The van der Waals surface area contributed by atoms with Gasteiger partial charge in [-0.15, -0.1) is 0 Å². The molecule has 7 nitrogen and oxygen atoms in total. The molecule has 2 aromatic rings. The standard InChI is InChI=1S/C18H20N4O.C2HF3O2/c1-13-3-5-14(6-4-13)17(23)21-11-7-16-15(21)8-12-22(16)18-19-9-2-10-20-18;3-2(4,5)1(6)7/h2-6,9-10,15-16H,7-8,11-12H2,1H3;(H,6,7)/t15-,16+;/m1./s1. The summed E-state index contributed by atoms with van der Waals surface area (Å²) in [6.45, 7) is 3.76. The number of carboxylic acids is 1. The van der Waals surface area contributed by atoms with Crippen molar-refractivity contribution in [1.82, 2.24) is 14.9 Å². The summed E-state index contributed by atoms with van der Waals surface area (Å²) in [5, 5.41) is 7.12. The third kappa shape index (κ3) is 4.69. The van der Waals surface area contributed by atoms with E-state index in [2.05, 4.69) is 14.9 Å². The molecule has 4 rings (SSSR count). The fourth-order valence-electron chi connectivity index (χ4n) is 3.79. The average Bonchev–Trinajstić information content (AvgIpc) is 3.30. The van der Waals surface area contributed by atoms with Crippen molar-refractivity contribution in [2.45, 2.75) is 38.0 Å². The molecule has 1 aromatic carbocycles. The molecule has 1 amide bonds. The van der Waals surface area contributed by atoms with Crippen LogP contribution in [0.5, 0.6) is 0 Å². The summed E-state index contributed by atoms with van der Waals surface area (Å²) in [7, 11) is 0. The lowest BCUT2D eigenvalue weighted by Gasteiger charge is -2.25. The number of hydrogen-bond acceptors (Lipinski definition) is 5. The van der Waals surface area contributed by atoms with Crippen LogP contribution >= 0.6 is 0 Å². The number of aliphatic carboxylic acids is 1. The molecule has 3 heterocycles. The predicted octanol–water partition coefficient (Wildman–Crippen LogP) is 2.91. The molecule has 2 aliphatic rings. The molecule has 0 radical (unpaired) electrons. The summed E-state index contributed by atoms with van der Waals surface area (Å²) in [4.78, 5) is 34.8. The summed E-state index contributed by atoms with van der Waals surface area (Å²) in [6, 6.07) is 10.3. The number of carbonyl (C=O) groups is 2. The smallest absolute Gasteiger partial charge is 0.475 e. The second-order valence-corrected chi connectivity index (χ2v) is 7.12. The van der Waals surface area contributed by atoms with Crippen molar-refractivity contribution in [2.75, 3.05) is 18.0 Å². The minimum Gasteiger partial charge on any atom is -0.475 e. The molecule has 30 heavy (non-hydrogen) atoms. The monoisotopic (exact) mass is 422 g/mol. The van der Waals surface area contributed by atoms with Gasteiger partial charge in [-0.05, 0) is 38.0 Å². The van der Waals surface area contributed by atoms with Crippen LogP contribution in [0, 0.1) is 6.92 Å². The number of anilines is 1. The van der Waals surface area contributed by atoms with Crippen molar-refractivity contribution in [2.24, 2.45) is 0 Å². The zero-order valence-electron chi connectivity index (χ0n) is 16.2. The van der Waals surface area contributed by atoms with E-state index in [4.69, 9.17) is 9.90 Å². The summed E-state index contributed by atoms with van der Waals surface area (Å²) >= 11 is 0. The van der Waals surface area contributed by atoms with Crippen molar-refractivity contribution in [3.63, 3.8) is 0 Å². The van der Waals surface area contributed by atoms with E-state index in [0.29, 0.717) is 6.04 Å². The molecule has 0 spiro atoms. The third-order valence-corrected chi connectivity index (χ3v) is 5.19. The molecule has 2 fully saturated rings. The quantitative estimate of drug-likeness (QED) is 0.801. The van der Waals surface area contributed by atoms with Gasteiger partial charge in [-0.1, -0.05) is 17.7 Å². The highest BCUT2D eigenvalue weighted by atomic mass is 19.4. The first kappa shape index (κ1) is 21.5. The number of hydrogen-bond donors (Lipinski definition) is 1. The summed E-state index contributed by atoms with van der Waals surface area (Å²) < 4.78 is 31.7. The van der Waals surface area contributed by atoms with Gasteiger partial charge in [-0.25, -0.2) is 14.8 Å². The molecule has 1 N–H and O–H groups in total. The second-order valence-electron chi connectivity index (χ2n) is 7.12. The SMILES string of the molecule is Cc1ccc(C(=O)N2CC[C@H]3[C@H]2CCN3c2ncccn2)cc1.O=C(O)C(F)(F)F. The molecule has 10 heteroatoms. The van der Waals surface area contributed by atoms with Crippen LogP contribution in [0.3, 0.4) is 0 Å². The molecule has 0 bridgehead atoms. The number of rotatable bonds is 2. The van der Waals surface area contributed by atoms with E-state index in [9.17, 15) is 18.0 Å². The summed E-state index contributed by atoms with van der Waals surface area (Å²) in [6.07, 6.45) is 0.445. The Labute approximate surface area is 171 Å². The zero-order valence-corrected chi connectivity index (χ0v) is 16.2. The number of aromatic nitrogens is 2. The van der Waals surface area contributed by atoms with E-state index in [-0.39, 0.29) is 11.9 Å². The van der Waals surface area contributed by atoms with Crippen LogP contribution in [0.25, 0.3) is 0 Å². The minimum atomic E-state index is -5.08. The maximum atomic E-state index is 12.8. The van der Waals surface area contributed by atoms with E-state index in [0.717, 1.165) is 37.4 Å². The topological polar surface area (TPSA) is 86.6 Å². The number of benzene rings is 1. The molecule has 0 saturated carbocycles. The van der Waals surface area contributed by atoms with Gasteiger partial charge in [0.25, 0.3) is 5.91 Å². The Bertz CT molecular complexity index is 890. The highest BCUT2D eigenvalue weighted by Crippen LogP contribution is 2.34. The normalized spacial score (nSPS) is 20.4. The molecular weight excluding hydrogens is 401 g/mol. The van der Waals surface area contributed by atoms with Crippen LogP contribution < -0.4 is 4.90 Å². The van der Waals surface area contributed by atoms with Crippen molar-refractivity contribution in [3.8, 4) is 0 Å². The van der Waals surface area contributed by atoms with Gasteiger partial charge in [-0.3, -0.25) is 4.79 Å². The van der Waals surface area contributed by atoms with Crippen LogP contribution in [-0.4, -0.2) is 63.2 Å². The Hall–Kier alpha value is -3.17. The molecule has 160 valence electrons. The van der Waals surface area contributed by atoms with E-state index >= 15 is 0 Å². The van der Waals surface area contributed by atoms with Gasteiger partial charge in [0, 0.05) is 31.0 Å². The van der Waals surface area contributed by atoms with Crippen LogP contribution in [0.15, 0.2) is 42.7 Å². The highest BCUT2D eigenvalue weighted by Gasteiger charge is 2.45. The minimum absolute atomic E-state index is 0.147. The summed E-state index contributed by atoms with van der Waals surface area (Å²) in [5.74, 6) is -1.83. The van der Waals surface area contributed by atoms with Gasteiger partial charge in [0.1, 0.15) is 0 Å². The van der Waals surface area contributed by atoms with Gasteiger partial charge in [0.05, 0.1) is 12.1 Å². The Morgan fingerprint density at radius 1 is 1.03 bits per heavy atom. The zero-order chi connectivity index (χ0) is 21.9. The number of carboxylic acid groups (broad SMARTS) is 1. The molecule has 2 saturated heterocycles. The van der Waals surface area contributed by atoms with E-state index < -0.39 is 12.1 Å². The van der Waals surface area contributed by atoms with Crippen molar-refractivity contribution in [3.05, 3.63) is 53.9 Å². The third-order valence-electron chi connectivity index (χ3n) is 5.19. The van der Waals surface area contributed by atoms with Gasteiger partial charge in [-0.2, -0.15) is 13.2 Å². The first-order valence-electron chi connectivity index (χ1n) is 9.40. The highest BCUT2D eigenvalue weighted by molar-refractivity contribution is 5.94. The Morgan fingerprint density at radius 3 is 2.17 bits per heavy atom. The van der Waals surface area contributed by atoms with Crippen LogP contribution in [0.4, 0.5) is 19.1 Å². The fraction of sp³-hybridized carbons (Fsp3) is 0.400. The number of carbonyl (C=O) groups excluding carboxylic acids is 1. The number of amides is 1. The van der Waals surface area contributed by atoms with Crippen LogP contribution in [0.2, 0.25) is 0 Å². The number of aryl methyl sites for hydroxylation is 1. The molecule has 0 unspecified atom stereocenters. The van der Waals surface area contributed by atoms with Gasteiger partial charge in [0.2, 0.25) is 5.95 Å². The first-order chi connectivity index (χ1) is 14.2. The average molecular weight is 422 g/mol. The van der Waals surface area contributed by atoms with Gasteiger partial charge in [0.15, 0.2) is 0 Å². The van der Waals surface area contributed by atoms with E-state index in [1.54, 1.807) is 12.4 Å². The van der Waals surface area contributed by atoms with Gasteiger partial charge >= 0.3 is 12.1 Å². The Morgan fingerprint density at radius 2 is 1.60 bits per heavy atom. The lowest BCUT2D eigenvalue weighted by Crippen LogP contribution is -2.40. The lowest BCUT2D eigenvalue weighted by atomic mass is 10.1. The molecular formula is C20H21F3N4O3. The fourth-order valence-corrected chi connectivity index (χ4v) is 3.79. The number of likely N-dealkylation sites (tertiary alicyclic amines) is 1. The molecule has 0 aliphatic carbocycles. The second kappa shape index (κ2) is 8.68. The number of fused-ring (bicyclic) bond motifs is 1. The molecule has 2 atom stereocenters. The summed E-state index contributed by atoms with van der Waals surface area (Å²) in [5.41, 5.74) is 1.96. The molecule has 1 aromatic heterocycles. The largest absolute Gasteiger partial charge is 0.490 e. The molecule has 2 aliphatic heterocycles. The van der Waals surface area contributed by atoms with E-state index in [1.165, 1.54) is 5.56 Å². The van der Waals surface area contributed by atoms with E-state index in [1.807, 2.05) is 42.2 Å². The number of halogens is 3. The maximum Gasteiger partial charge on any atom is 0.490 e. The van der Waals surface area contributed by atoms with Crippen molar-refractivity contribution >= 4 is 17.8 Å². The van der Waals surface area contributed by atoms with Crippen LogP contribution in [-0.2, 0) is 4.79 Å². The van der Waals surface area contributed by atoms with Crippen LogP contribution in [0.1, 0.15) is 28.8 Å². The number of nitrogens with zero attached hydrogens (tertiary/aromatic N) is 4. The Balaban J connectivity index is 0.000000318. The first-order valence-corrected chi connectivity index (χ1v) is 9.40.